The van der Waals surface area contributed by atoms with Gasteiger partial charge in [-0.2, -0.15) is 0 Å². The van der Waals surface area contributed by atoms with Gasteiger partial charge in [0.05, 0.1) is 0 Å². The molecule has 0 saturated carbocycles. The van der Waals surface area contributed by atoms with E-state index in [-0.39, 0.29) is 5.91 Å². The molecule has 112 valence electrons. The number of nitrogens with zero attached hydrogens (tertiary/aromatic N) is 1. The zero-order valence-corrected chi connectivity index (χ0v) is 12.2. The smallest absolute Gasteiger partial charge is 0.267 e. The van der Waals surface area contributed by atoms with Crippen molar-refractivity contribution in [3.8, 4) is 0 Å². The fourth-order valence-electron chi connectivity index (χ4n) is 2.65. The van der Waals surface area contributed by atoms with E-state index in [1.807, 2.05) is 18.3 Å². The lowest BCUT2D eigenvalue weighted by Gasteiger charge is -2.25. The first-order valence-electron chi connectivity index (χ1n) is 7.47. The third-order valence-electron chi connectivity index (χ3n) is 3.77. The van der Waals surface area contributed by atoms with E-state index in [1.165, 1.54) is 0 Å². The van der Waals surface area contributed by atoms with Crippen molar-refractivity contribution >= 4 is 5.91 Å². The third-order valence-corrected chi connectivity index (χ3v) is 3.77. The highest BCUT2D eigenvalue weighted by Gasteiger charge is 2.19. The van der Waals surface area contributed by atoms with Gasteiger partial charge in [-0.15, -0.1) is 0 Å². The first-order chi connectivity index (χ1) is 9.83. The number of aromatic nitrogens is 1. The van der Waals surface area contributed by atoms with Crippen LogP contribution in [0.4, 0.5) is 0 Å². The van der Waals surface area contributed by atoms with Gasteiger partial charge in [0.15, 0.2) is 0 Å². The van der Waals surface area contributed by atoms with E-state index in [1.54, 1.807) is 7.11 Å². The highest BCUT2D eigenvalue weighted by Crippen LogP contribution is 2.21. The number of rotatable bonds is 7. The Morgan fingerprint density at radius 2 is 2.25 bits per heavy atom. The second-order valence-corrected chi connectivity index (χ2v) is 5.24. The summed E-state index contributed by atoms with van der Waals surface area (Å²) in [6, 6.07) is 4.31. The summed E-state index contributed by atoms with van der Waals surface area (Å²) in [5.41, 5.74) is 0.781. The van der Waals surface area contributed by atoms with Crippen molar-refractivity contribution in [3.05, 3.63) is 24.0 Å². The van der Waals surface area contributed by atoms with Gasteiger partial charge in [0.25, 0.3) is 5.91 Å². The Labute approximate surface area is 120 Å². The molecule has 0 spiro atoms. The lowest BCUT2D eigenvalue weighted by Crippen LogP contribution is -2.32. The molecule has 0 bridgehead atoms. The topological polar surface area (TPSA) is 55.3 Å². The maximum atomic E-state index is 12.2. The van der Waals surface area contributed by atoms with Gasteiger partial charge in [0.2, 0.25) is 0 Å². The second-order valence-electron chi connectivity index (χ2n) is 5.24. The van der Waals surface area contributed by atoms with Crippen molar-refractivity contribution in [2.45, 2.75) is 31.7 Å². The minimum absolute atomic E-state index is 0.0333. The summed E-state index contributed by atoms with van der Waals surface area (Å²) in [6.07, 6.45) is 6.13. The highest BCUT2D eigenvalue weighted by molar-refractivity contribution is 5.92. The molecule has 5 nitrogen and oxygen atoms in total. The largest absolute Gasteiger partial charge is 0.385 e. The first-order valence-corrected chi connectivity index (χ1v) is 7.47. The van der Waals surface area contributed by atoms with Gasteiger partial charge in [0, 0.05) is 32.5 Å². The molecule has 2 N–H and O–H groups in total. The Morgan fingerprint density at radius 1 is 1.45 bits per heavy atom. The van der Waals surface area contributed by atoms with Crippen LogP contribution < -0.4 is 10.6 Å². The quantitative estimate of drug-likeness (QED) is 0.745. The Hall–Kier alpha value is -1.33. The Balaban J connectivity index is 1.85. The lowest BCUT2D eigenvalue weighted by atomic mass is 10.1. The molecule has 0 atom stereocenters. The standard InChI is InChI=1S/C15H25N3O2/c1-20-12-3-2-8-17-15(19)14-5-4-11-18(14)13-6-9-16-10-7-13/h4-5,11,13,16H,2-3,6-10,12H2,1H3,(H,17,19). The van der Waals surface area contributed by atoms with Crippen LogP contribution in [0.25, 0.3) is 0 Å². The van der Waals surface area contributed by atoms with Crippen LogP contribution in [0.3, 0.4) is 0 Å². The molecule has 1 aromatic heterocycles. The van der Waals surface area contributed by atoms with Crippen LogP contribution in [0, 0.1) is 0 Å². The van der Waals surface area contributed by atoms with Crippen molar-refractivity contribution in [1.82, 2.24) is 15.2 Å². The van der Waals surface area contributed by atoms with E-state index in [4.69, 9.17) is 4.74 Å². The molecular formula is C15H25N3O2. The average molecular weight is 279 g/mol. The summed E-state index contributed by atoms with van der Waals surface area (Å²) in [4.78, 5) is 12.2. The van der Waals surface area contributed by atoms with E-state index in [0.29, 0.717) is 12.6 Å². The highest BCUT2D eigenvalue weighted by atomic mass is 16.5. The van der Waals surface area contributed by atoms with E-state index in [0.717, 1.165) is 51.1 Å². The van der Waals surface area contributed by atoms with Crippen LogP contribution >= 0.6 is 0 Å². The predicted molar refractivity (Wildman–Crippen MR) is 79.0 cm³/mol. The summed E-state index contributed by atoms with van der Waals surface area (Å²) in [7, 11) is 1.70. The summed E-state index contributed by atoms with van der Waals surface area (Å²) >= 11 is 0. The van der Waals surface area contributed by atoms with Crippen molar-refractivity contribution in [3.63, 3.8) is 0 Å². The number of hydrogen-bond acceptors (Lipinski definition) is 3. The number of unbranched alkanes of at least 4 members (excludes halogenated alkanes) is 1. The molecule has 2 rings (SSSR count). The van der Waals surface area contributed by atoms with Gasteiger partial charge in [-0.3, -0.25) is 4.79 Å². The SMILES string of the molecule is COCCCCNC(=O)c1cccn1C1CCNCC1. The minimum Gasteiger partial charge on any atom is -0.385 e. The molecule has 20 heavy (non-hydrogen) atoms. The Morgan fingerprint density at radius 3 is 3.00 bits per heavy atom. The van der Waals surface area contributed by atoms with E-state index >= 15 is 0 Å². The van der Waals surface area contributed by atoms with Crippen molar-refractivity contribution < 1.29 is 9.53 Å². The molecule has 5 heteroatoms. The van der Waals surface area contributed by atoms with Crippen LogP contribution in [0.5, 0.6) is 0 Å². The van der Waals surface area contributed by atoms with E-state index in [9.17, 15) is 4.79 Å². The molecule has 2 heterocycles. The van der Waals surface area contributed by atoms with Gasteiger partial charge in [-0.25, -0.2) is 0 Å². The average Bonchev–Trinajstić information content (AvgIpc) is 2.97. The number of carbonyl (C=O) groups is 1. The van der Waals surface area contributed by atoms with Crippen LogP contribution in [-0.2, 0) is 4.74 Å². The Bertz CT molecular complexity index is 411. The molecule has 1 aliphatic rings. The molecule has 1 aliphatic heterocycles. The number of amides is 1. The normalized spacial score (nSPS) is 16.2. The molecule has 0 radical (unpaired) electrons. The molecule has 1 aromatic rings. The Kier molecular flexibility index (Phi) is 6.08. The monoisotopic (exact) mass is 279 g/mol. The summed E-state index contributed by atoms with van der Waals surface area (Å²) < 4.78 is 7.13. The van der Waals surface area contributed by atoms with Crippen molar-refractivity contribution in [1.29, 1.82) is 0 Å². The van der Waals surface area contributed by atoms with E-state index < -0.39 is 0 Å². The zero-order valence-electron chi connectivity index (χ0n) is 12.2. The summed E-state index contributed by atoms with van der Waals surface area (Å²) in [5.74, 6) is 0.0333. The number of ether oxygens (including phenoxy) is 1. The second kappa shape index (κ2) is 8.07. The van der Waals surface area contributed by atoms with Crippen molar-refractivity contribution in [2.75, 3.05) is 33.4 Å². The molecule has 0 unspecified atom stereocenters. The van der Waals surface area contributed by atoms with E-state index in [2.05, 4.69) is 15.2 Å². The molecule has 1 fully saturated rings. The number of methoxy groups -OCH3 is 1. The molecule has 1 saturated heterocycles. The minimum atomic E-state index is 0.0333. The molecule has 0 aromatic carbocycles. The fourth-order valence-corrected chi connectivity index (χ4v) is 2.65. The number of piperidine rings is 1. The van der Waals surface area contributed by atoms with Crippen LogP contribution in [-0.4, -0.2) is 43.8 Å². The predicted octanol–water partition coefficient (Wildman–Crippen LogP) is 1.57. The van der Waals surface area contributed by atoms with Crippen LogP contribution in [0.15, 0.2) is 18.3 Å². The number of carbonyl (C=O) groups excluding carboxylic acids is 1. The summed E-state index contributed by atoms with van der Waals surface area (Å²) in [6.45, 7) is 3.52. The maximum Gasteiger partial charge on any atom is 0.267 e. The van der Waals surface area contributed by atoms with Gasteiger partial charge < -0.3 is 19.9 Å². The molecule has 1 amide bonds. The summed E-state index contributed by atoms with van der Waals surface area (Å²) in [5, 5.41) is 6.35. The maximum absolute atomic E-state index is 12.2. The fraction of sp³-hybridized carbons (Fsp3) is 0.667. The first kappa shape index (κ1) is 15.1. The van der Waals surface area contributed by atoms with Crippen LogP contribution in [0.1, 0.15) is 42.2 Å². The van der Waals surface area contributed by atoms with Crippen LogP contribution in [0.2, 0.25) is 0 Å². The number of nitrogens with one attached hydrogen (secondary N) is 2. The zero-order chi connectivity index (χ0) is 14.2. The third kappa shape index (κ3) is 4.08. The molecule has 0 aliphatic carbocycles. The van der Waals surface area contributed by atoms with Gasteiger partial charge in [0.1, 0.15) is 5.69 Å². The van der Waals surface area contributed by atoms with Crippen molar-refractivity contribution in [2.24, 2.45) is 0 Å². The lowest BCUT2D eigenvalue weighted by molar-refractivity contribution is 0.0938. The van der Waals surface area contributed by atoms with Gasteiger partial charge in [-0.05, 0) is 50.9 Å². The van der Waals surface area contributed by atoms with Gasteiger partial charge in [-0.1, -0.05) is 0 Å². The number of hydrogen-bond donors (Lipinski definition) is 2. The molecular weight excluding hydrogens is 254 g/mol. The van der Waals surface area contributed by atoms with Gasteiger partial charge >= 0.3 is 0 Å².